The first-order valence-electron chi connectivity index (χ1n) is 9.85. The Hall–Kier alpha value is -3.75. The largest absolute Gasteiger partial charge is 0.273 e. The number of benzene rings is 3. The fourth-order valence-electron chi connectivity index (χ4n) is 4.25. The molecule has 3 aromatic carbocycles. The van der Waals surface area contributed by atoms with Gasteiger partial charge in [0.15, 0.2) is 6.10 Å². The summed E-state index contributed by atoms with van der Waals surface area (Å²) in [5.74, 6) is -1.90. The number of halogens is 1. The molecule has 3 atom stereocenters. The van der Waals surface area contributed by atoms with Crippen molar-refractivity contribution in [1.82, 2.24) is 0 Å². The normalized spacial score (nSPS) is 22.3. The standard InChI is InChI=1S/C23H16ClN3O5/c24-17-11-4-5-12-18(17)25-22(28)19-20(14-7-6-10-16(13-14)27(30)31)26(32-21(19)23(25)29)15-8-2-1-3-9-15/h1-13,19-21H/t19-,20+,21-/m1/s1. The van der Waals surface area contributed by atoms with Crippen molar-refractivity contribution in [2.75, 3.05) is 9.96 Å². The minimum atomic E-state index is -1.08. The number of carbonyl (C=O) groups excluding carboxylic acids is 2. The molecule has 9 heteroatoms. The van der Waals surface area contributed by atoms with Gasteiger partial charge in [0, 0.05) is 12.1 Å². The highest BCUT2D eigenvalue weighted by molar-refractivity contribution is 6.36. The Morgan fingerprint density at radius 3 is 2.34 bits per heavy atom. The average Bonchev–Trinajstić information content (AvgIpc) is 3.31. The molecule has 160 valence electrons. The third-order valence-corrected chi connectivity index (χ3v) is 5.96. The number of amides is 2. The number of nitro groups is 1. The maximum atomic E-state index is 13.5. The Labute approximate surface area is 187 Å². The van der Waals surface area contributed by atoms with E-state index in [1.54, 1.807) is 60.7 Å². The van der Waals surface area contributed by atoms with Crippen LogP contribution in [0.1, 0.15) is 11.6 Å². The van der Waals surface area contributed by atoms with Crippen LogP contribution in [0.25, 0.3) is 0 Å². The molecule has 3 aromatic rings. The van der Waals surface area contributed by atoms with Crippen molar-refractivity contribution in [1.29, 1.82) is 0 Å². The summed E-state index contributed by atoms with van der Waals surface area (Å²) in [5.41, 5.74) is 1.30. The summed E-state index contributed by atoms with van der Waals surface area (Å²) >= 11 is 6.25. The molecule has 0 aliphatic carbocycles. The number of hydrogen-bond acceptors (Lipinski definition) is 6. The number of rotatable bonds is 4. The molecule has 0 saturated carbocycles. The van der Waals surface area contributed by atoms with Crippen molar-refractivity contribution in [3.63, 3.8) is 0 Å². The summed E-state index contributed by atoms with van der Waals surface area (Å²) in [6.45, 7) is 0. The number of imide groups is 1. The third kappa shape index (κ3) is 3.12. The van der Waals surface area contributed by atoms with Crippen LogP contribution in [0.15, 0.2) is 78.9 Å². The first kappa shape index (κ1) is 20.2. The maximum absolute atomic E-state index is 13.5. The molecule has 0 spiro atoms. The van der Waals surface area contributed by atoms with Crippen LogP contribution in [0, 0.1) is 16.0 Å². The van der Waals surface area contributed by atoms with Gasteiger partial charge in [0.1, 0.15) is 5.92 Å². The van der Waals surface area contributed by atoms with Crippen LogP contribution in [-0.2, 0) is 14.4 Å². The Morgan fingerprint density at radius 1 is 0.906 bits per heavy atom. The maximum Gasteiger partial charge on any atom is 0.269 e. The molecule has 2 saturated heterocycles. The van der Waals surface area contributed by atoms with E-state index in [0.29, 0.717) is 11.3 Å². The monoisotopic (exact) mass is 449 g/mol. The van der Waals surface area contributed by atoms with Crippen LogP contribution in [0.5, 0.6) is 0 Å². The summed E-state index contributed by atoms with van der Waals surface area (Å²) in [5, 5.41) is 13.1. The molecule has 0 aromatic heterocycles. The van der Waals surface area contributed by atoms with Gasteiger partial charge in [-0.15, -0.1) is 0 Å². The lowest BCUT2D eigenvalue weighted by Gasteiger charge is -2.28. The lowest BCUT2D eigenvalue weighted by atomic mass is 9.90. The van der Waals surface area contributed by atoms with Crippen LogP contribution in [0.4, 0.5) is 17.1 Å². The van der Waals surface area contributed by atoms with Gasteiger partial charge in [0.25, 0.3) is 11.6 Å². The molecular formula is C23H16ClN3O5. The van der Waals surface area contributed by atoms with Crippen LogP contribution >= 0.6 is 11.6 Å². The molecule has 0 N–H and O–H groups in total. The topological polar surface area (TPSA) is 93.0 Å². The van der Waals surface area contributed by atoms with E-state index in [1.807, 2.05) is 6.07 Å². The van der Waals surface area contributed by atoms with Gasteiger partial charge in [-0.05, 0) is 29.8 Å². The van der Waals surface area contributed by atoms with Crippen molar-refractivity contribution in [3.05, 3.63) is 99.6 Å². The van der Waals surface area contributed by atoms with E-state index in [0.717, 1.165) is 4.90 Å². The van der Waals surface area contributed by atoms with Crippen molar-refractivity contribution >= 4 is 40.5 Å². The van der Waals surface area contributed by atoms with Gasteiger partial charge >= 0.3 is 0 Å². The van der Waals surface area contributed by atoms with E-state index in [9.17, 15) is 19.7 Å². The van der Waals surface area contributed by atoms with Gasteiger partial charge in [-0.25, -0.2) is 9.96 Å². The fraction of sp³-hybridized carbons (Fsp3) is 0.130. The highest BCUT2D eigenvalue weighted by Crippen LogP contribution is 2.48. The smallest absolute Gasteiger partial charge is 0.269 e. The van der Waals surface area contributed by atoms with Gasteiger partial charge in [0.2, 0.25) is 5.91 Å². The number of carbonyl (C=O) groups is 2. The lowest BCUT2D eigenvalue weighted by molar-refractivity contribution is -0.384. The van der Waals surface area contributed by atoms with Crippen molar-refractivity contribution in [3.8, 4) is 0 Å². The fourth-order valence-corrected chi connectivity index (χ4v) is 4.47. The van der Waals surface area contributed by atoms with Crippen LogP contribution in [0.3, 0.4) is 0 Å². The molecule has 2 fully saturated rings. The van der Waals surface area contributed by atoms with E-state index >= 15 is 0 Å². The van der Waals surface area contributed by atoms with E-state index in [1.165, 1.54) is 17.2 Å². The van der Waals surface area contributed by atoms with Gasteiger partial charge in [-0.1, -0.05) is 54.1 Å². The Balaban J connectivity index is 1.62. The van der Waals surface area contributed by atoms with E-state index in [4.69, 9.17) is 16.4 Å². The molecule has 0 unspecified atom stereocenters. The number of nitrogens with zero attached hydrogens (tertiary/aromatic N) is 3. The second-order valence-electron chi connectivity index (χ2n) is 7.47. The average molecular weight is 450 g/mol. The number of fused-ring (bicyclic) bond motifs is 1. The molecule has 2 aliphatic rings. The number of para-hydroxylation sites is 2. The van der Waals surface area contributed by atoms with Crippen LogP contribution < -0.4 is 9.96 Å². The number of hydroxylamine groups is 1. The second-order valence-corrected chi connectivity index (χ2v) is 7.88. The van der Waals surface area contributed by atoms with E-state index in [2.05, 4.69) is 0 Å². The predicted molar refractivity (Wildman–Crippen MR) is 117 cm³/mol. The quantitative estimate of drug-likeness (QED) is 0.335. The molecule has 8 nitrogen and oxygen atoms in total. The first-order chi connectivity index (χ1) is 15.5. The second kappa shape index (κ2) is 7.74. The van der Waals surface area contributed by atoms with E-state index in [-0.39, 0.29) is 16.4 Å². The molecule has 0 radical (unpaired) electrons. The molecule has 32 heavy (non-hydrogen) atoms. The summed E-state index contributed by atoms with van der Waals surface area (Å²) < 4.78 is 0. The zero-order valence-electron chi connectivity index (χ0n) is 16.5. The number of non-ortho nitro benzene ring substituents is 1. The van der Waals surface area contributed by atoms with Crippen molar-refractivity contribution < 1.29 is 19.3 Å². The first-order valence-corrected chi connectivity index (χ1v) is 10.2. The molecule has 2 heterocycles. The molecule has 5 rings (SSSR count). The number of anilines is 2. The highest BCUT2D eigenvalue weighted by atomic mass is 35.5. The van der Waals surface area contributed by atoms with Crippen molar-refractivity contribution in [2.24, 2.45) is 5.92 Å². The highest BCUT2D eigenvalue weighted by Gasteiger charge is 2.60. The Morgan fingerprint density at radius 2 is 1.62 bits per heavy atom. The van der Waals surface area contributed by atoms with Gasteiger partial charge in [-0.3, -0.25) is 24.5 Å². The number of nitro benzene ring substituents is 1. The minimum absolute atomic E-state index is 0.112. The van der Waals surface area contributed by atoms with Gasteiger partial charge < -0.3 is 0 Å². The van der Waals surface area contributed by atoms with Crippen molar-refractivity contribution in [2.45, 2.75) is 12.1 Å². The summed E-state index contributed by atoms with van der Waals surface area (Å²) in [4.78, 5) is 44.7. The van der Waals surface area contributed by atoms with Gasteiger partial charge in [-0.2, -0.15) is 0 Å². The zero-order valence-corrected chi connectivity index (χ0v) is 17.3. The Kier molecular flexibility index (Phi) is 4.88. The number of hydrogen-bond donors (Lipinski definition) is 0. The lowest BCUT2D eigenvalue weighted by Crippen LogP contribution is -2.37. The third-order valence-electron chi connectivity index (χ3n) is 5.64. The summed E-state index contributed by atoms with van der Waals surface area (Å²) in [6.07, 6.45) is -1.08. The van der Waals surface area contributed by atoms with Crippen LogP contribution in [-0.4, -0.2) is 22.8 Å². The minimum Gasteiger partial charge on any atom is -0.273 e. The molecule has 2 amide bonds. The SMILES string of the molecule is O=C1[C@H]2[C@@H](ON(c3ccccc3)[C@H]2c2cccc([N+](=O)[O-])c2)C(=O)N1c1ccccc1Cl. The molecular weight excluding hydrogens is 434 g/mol. The molecule has 0 bridgehead atoms. The van der Waals surface area contributed by atoms with Gasteiger partial charge in [0.05, 0.1) is 27.4 Å². The summed E-state index contributed by atoms with van der Waals surface area (Å²) in [6, 6.07) is 20.9. The van der Waals surface area contributed by atoms with E-state index < -0.39 is 34.8 Å². The molecule has 2 aliphatic heterocycles. The Bertz CT molecular complexity index is 1240. The van der Waals surface area contributed by atoms with Crippen LogP contribution in [0.2, 0.25) is 5.02 Å². The zero-order chi connectivity index (χ0) is 22.4. The predicted octanol–water partition coefficient (Wildman–Crippen LogP) is 4.30. The summed E-state index contributed by atoms with van der Waals surface area (Å²) in [7, 11) is 0.